The van der Waals surface area contributed by atoms with Gasteiger partial charge in [0.15, 0.2) is 0 Å². The van der Waals surface area contributed by atoms with Gasteiger partial charge in [-0.1, -0.05) is 36.4 Å². The standard InChI is InChI=1S/C16H20N2O.C4H4O4/c1-18(2,19)13-11-15(14-8-4-3-5-9-14)16-10-6-7-12-17-16;5-3(6)1-2-4(7)8/h3-10,12,15H,11,13H2,1-2H3;1-2H,(H,5,6)(H,7,8)/b;2-1-. The molecule has 2 rings (SSSR count). The first-order valence-electron chi connectivity index (χ1n) is 8.33. The van der Waals surface area contributed by atoms with Gasteiger partial charge in [-0.15, -0.1) is 0 Å². The van der Waals surface area contributed by atoms with Crippen molar-refractivity contribution < 1.29 is 24.4 Å². The summed E-state index contributed by atoms with van der Waals surface area (Å²) in [5.41, 5.74) is 2.25. The molecule has 1 atom stereocenters. The molecule has 27 heavy (non-hydrogen) atoms. The van der Waals surface area contributed by atoms with E-state index in [1.807, 2.05) is 42.6 Å². The van der Waals surface area contributed by atoms with E-state index in [9.17, 15) is 14.8 Å². The van der Waals surface area contributed by atoms with Crippen molar-refractivity contribution in [2.24, 2.45) is 0 Å². The Morgan fingerprint density at radius 1 is 1.04 bits per heavy atom. The third-order valence-corrected chi connectivity index (χ3v) is 3.57. The summed E-state index contributed by atoms with van der Waals surface area (Å²) in [7, 11) is 3.36. The third-order valence-electron chi connectivity index (χ3n) is 3.57. The molecule has 144 valence electrons. The molecule has 1 unspecified atom stereocenters. The number of pyridine rings is 1. The van der Waals surface area contributed by atoms with E-state index in [0.717, 1.165) is 12.1 Å². The lowest BCUT2D eigenvalue weighted by molar-refractivity contribution is -0.840. The number of aromatic nitrogens is 1. The lowest BCUT2D eigenvalue weighted by Gasteiger charge is -2.35. The van der Waals surface area contributed by atoms with Crippen LogP contribution in [0.25, 0.3) is 0 Å². The molecule has 1 aromatic carbocycles. The highest BCUT2D eigenvalue weighted by Gasteiger charge is 2.17. The van der Waals surface area contributed by atoms with E-state index in [1.54, 1.807) is 14.1 Å². The van der Waals surface area contributed by atoms with Crippen molar-refractivity contribution in [3.8, 4) is 0 Å². The van der Waals surface area contributed by atoms with Crippen LogP contribution in [0.1, 0.15) is 23.6 Å². The minimum atomic E-state index is -1.26. The van der Waals surface area contributed by atoms with E-state index in [-0.39, 0.29) is 10.6 Å². The molecule has 0 spiro atoms. The molecule has 7 nitrogen and oxygen atoms in total. The zero-order chi connectivity index (χ0) is 20.3. The Labute approximate surface area is 158 Å². The maximum Gasteiger partial charge on any atom is 0.328 e. The number of benzene rings is 1. The third kappa shape index (κ3) is 9.88. The summed E-state index contributed by atoms with van der Waals surface area (Å²) in [4.78, 5) is 23.6. The van der Waals surface area contributed by atoms with Gasteiger partial charge in [0.05, 0.1) is 20.6 Å². The van der Waals surface area contributed by atoms with Crippen molar-refractivity contribution in [1.82, 2.24) is 4.98 Å². The van der Waals surface area contributed by atoms with Crippen LogP contribution in [0.2, 0.25) is 0 Å². The van der Waals surface area contributed by atoms with E-state index in [0.29, 0.717) is 18.7 Å². The molecule has 1 heterocycles. The molecule has 0 radical (unpaired) electrons. The normalized spacial score (nSPS) is 12.1. The Bertz CT molecular complexity index is 684. The number of rotatable bonds is 7. The second-order valence-corrected chi connectivity index (χ2v) is 6.31. The van der Waals surface area contributed by atoms with Crippen molar-refractivity contribution in [1.29, 1.82) is 0 Å². The van der Waals surface area contributed by atoms with Crippen LogP contribution in [0.4, 0.5) is 0 Å². The summed E-state index contributed by atoms with van der Waals surface area (Å²) < 4.78 is -0.268. The van der Waals surface area contributed by atoms with Crippen molar-refractivity contribution in [3.63, 3.8) is 0 Å². The van der Waals surface area contributed by atoms with Gasteiger partial charge in [-0.2, -0.15) is 0 Å². The quantitative estimate of drug-likeness (QED) is 0.439. The minimum Gasteiger partial charge on any atom is -0.633 e. The number of hydrogen-bond acceptors (Lipinski definition) is 4. The van der Waals surface area contributed by atoms with Crippen LogP contribution in [0.3, 0.4) is 0 Å². The summed E-state index contributed by atoms with van der Waals surface area (Å²) in [5.74, 6) is -2.33. The molecule has 0 aliphatic heterocycles. The topological polar surface area (TPSA) is 111 Å². The Balaban J connectivity index is 0.000000387. The fourth-order valence-electron chi connectivity index (χ4n) is 2.34. The average Bonchev–Trinajstić information content (AvgIpc) is 2.62. The maximum absolute atomic E-state index is 11.8. The van der Waals surface area contributed by atoms with Crippen LogP contribution < -0.4 is 0 Å². The molecule has 0 aliphatic rings. The predicted octanol–water partition coefficient (Wildman–Crippen LogP) is 2.89. The Kier molecular flexibility index (Phi) is 8.84. The molecule has 0 saturated carbocycles. The molecule has 0 bridgehead atoms. The Morgan fingerprint density at radius 3 is 2.04 bits per heavy atom. The number of carbonyl (C=O) groups is 2. The molecule has 0 amide bonds. The maximum atomic E-state index is 11.8. The molecule has 2 N–H and O–H groups in total. The molecule has 7 heteroatoms. The molecule has 0 aliphatic carbocycles. The van der Waals surface area contributed by atoms with Crippen molar-refractivity contribution in [2.45, 2.75) is 12.3 Å². The highest BCUT2D eigenvalue weighted by atomic mass is 16.5. The summed E-state index contributed by atoms with van der Waals surface area (Å²) in [6, 6.07) is 16.2. The highest BCUT2D eigenvalue weighted by Crippen LogP contribution is 2.26. The van der Waals surface area contributed by atoms with E-state index >= 15 is 0 Å². The monoisotopic (exact) mass is 372 g/mol. The first-order chi connectivity index (χ1) is 12.7. The van der Waals surface area contributed by atoms with Crippen LogP contribution in [0.15, 0.2) is 66.9 Å². The van der Waals surface area contributed by atoms with Crippen molar-refractivity contribution in [2.75, 3.05) is 20.6 Å². The van der Waals surface area contributed by atoms with E-state index in [2.05, 4.69) is 17.1 Å². The number of hydrogen-bond donors (Lipinski definition) is 2. The average molecular weight is 372 g/mol. The summed E-state index contributed by atoms with van der Waals surface area (Å²) in [6.07, 6.45) is 3.73. The van der Waals surface area contributed by atoms with Gasteiger partial charge in [0, 0.05) is 36.4 Å². The summed E-state index contributed by atoms with van der Waals surface area (Å²) in [6.45, 7) is 0.579. The van der Waals surface area contributed by atoms with Crippen LogP contribution in [0.5, 0.6) is 0 Å². The van der Waals surface area contributed by atoms with E-state index < -0.39 is 11.9 Å². The second-order valence-electron chi connectivity index (χ2n) is 6.31. The number of carboxylic acids is 2. The zero-order valence-corrected chi connectivity index (χ0v) is 15.4. The van der Waals surface area contributed by atoms with Crippen LogP contribution >= 0.6 is 0 Å². The van der Waals surface area contributed by atoms with Gasteiger partial charge in [0.2, 0.25) is 0 Å². The molecular formula is C20H24N2O5. The number of nitrogens with zero attached hydrogens (tertiary/aromatic N) is 2. The summed E-state index contributed by atoms with van der Waals surface area (Å²) in [5, 5.41) is 27.4. The molecular weight excluding hydrogens is 348 g/mol. The lowest BCUT2D eigenvalue weighted by atomic mass is 9.92. The van der Waals surface area contributed by atoms with Gasteiger partial charge in [0.25, 0.3) is 0 Å². The van der Waals surface area contributed by atoms with Gasteiger partial charge in [-0.3, -0.25) is 4.98 Å². The number of carboxylic acid groups (broad SMARTS) is 2. The van der Waals surface area contributed by atoms with Gasteiger partial charge in [-0.25, -0.2) is 9.59 Å². The van der Waals surface area contributed by atoms with Gasteiger partial charge >= 0.3 is 11.9 Å². The fourth-order valence-corrected chi connectivity index (χ4v) is 2.34. The van der Waals surface area contributed by atoms with Crippen molar-refractivity contribution in [3.05, 3.63) is 83.3 Å². The molecule has 1 aromatic heterocycles. The first kappa shape index (κ1) is 22.0. The molecule has 2 aromatic rings. The summed E-state index contributed by atoms with van der Waals surface area (Å²) >= 11 is 0. The minimum absolute atomic E-state index is 0.189. The Morgan fingerprint density at radius 2 is 1.59 bits per heavy atom. The van der Waals surface area contributed by atoms with Crippen LogP contribution in [-0.2, 0) is 9.59 Å². The first-order valence-corrected chi connectivity index (χ1v) is 8.33. The number of hydroxylamine groups is 3. The lowest BCUT2D eigenvalue weighted by Crippen LogP contribution is -2.34. The van der Waals surface area contributed by atoms with Crippen molar-refractivity contribution >= 4 is 11.9 Å². The van der Waals surface area contributed by atoms with Gasteiger partial charge in [0.1, 0.15) is 0 Å². The smallest absolute Gasteiger partial charge is 0.328 e. The van der Waals surface area contributed by atoms with E-state index in [1.165, 1.54) is 5.56 Å². The Hall–Kier alpha value is -3.03. The second kappa shape index (κ2) is 10.8. The van der Waals surface area contributed by atoms with Gasteiger partial charge in [-0.05, 0) is 17.7 Å². The van der Waals surface area contributed by atoms with Gasteiger partial charge < -0.3 is 20.1 Å². The SMILES string of the molecule is C[N+](C)([O-])CCC(c1ccccc1)c1ccccn1.O=C(O)/C=C\C(=O)O. The fraction of sp³-hybridized carbons (Fsp3) is 0.250. The molecule has 0 fully saturated rings. The van der Waals surface area contributed by atoms with Crippen LogP contribution in [0, 0.1) is 5.21 Å². The van der Waals surface area contributed by atoms with E-state index in [4.69, 9.17) is 10.2 Å². The predicted molar refractivity (Wildman–Crippen MR) is 102 cm³/mol. The number of aliphatic carboxylic acids is 2. The number of quaternary nitrogens is 1. The zero-order valence-electron chi connectivity index (χ0n) is 15.4. The van der Waals surface area contributed by atoms with Crippen LogP contribution in [-0.4, -0.2) is 52.4 Å². The largest absolute Gasteiger partial charge is 0.633 e. The highest BCUT2D eigenvalue weighted by molar-refractivity contribution is 5.89. The molecule has 0 saturated heterocycles.